The maximum atomic E-state index is 12.2. The quantitative estimate of drug-likeness (QED) is 0.651. The van der Waals surface area contributed by atoms with Crippen LogP contribution in [0.2, 0.25) is 4.34 Å². The van der Waals surface area contributed by atoms with Crippen molar-refractivity contribution < 1.29 is 9.53 Å². The molecule has 1 heterocycles. The number of nitrogens with zero attached hydrogens (tertiary/aromatic N) is 1. The van der Waals surface area contributed by atoms with Gasteiger partial charge in [0.1, 0.15) is 0 Å². The molecule has 0 spiro atoms. The Bertz CT molecular complexity index is 391. The van der Waals surface area contributed by atoms with Crippen molar-refractivity contribution in [3.63, 3.8) is 0 Å². The van der Waals surface area contributed by atoms with E-state index < -0.39 is 0 Å². The summed E-state index contributed by atoms with van der Waals surface area (Å²) < 4.78 is 5.79. The molecule has 0 aromatic carbocycles. The molecule has 0 fully saturated rings. The van der Waals surface area contributed by atoms with Gasteiger partial charge in [-0.15, -0.1) is 11.3 Å². The van der Waals surface area contributed by atoms with Crippen molar-refractivity contribution in [2.24, 2.45) is 0 Å². The molecule has 0 saturated carbocycles. The van der Waals surface area contributed by atoms with E-state index >= 15 is 0 Å². The molecule has 0 bridgehead atoms. The van der Waals surface area contributed by atoms with Gasteiger partial charge < -0.3 is 4.74 Å². The Balaban J connectivity index is 2.67. The summed E-state index contributed by atoms with van der Waals surface area (Å²) in [6.07, 6.45) is 2.08. The summed E-state index contributed by atoms with van der Waals surface area (Å²) in [6, 6.07) is 4.00. The SMILES string of the molecule is CCC(CC)N(CCOC)CC(=O)c1ccc(Cl)s1. The van der Waals surface area contributed by atoms with Crippen molar-refractivity contribution in [2.75, 3.05) is 26.8 Å². The van der Waals surface area contributed by atoms with Crippen LogP contribution in [0.4, 0.5) is 0 Å². The van der Waals surface area contributed by atoms with Crippen molar-refractivity contribution >= 4 is 28.7 Å². The van der Waals surface area contributed by atoms with Crippen LogP contribution >= 0.6 is 22.9 Å². The Kier molecular flexibility index (Phi) is 7.61. The van der Waals surface area contributed by atoms with E-state index in [1.165, 1.54) is 11.3 Å². The molecule has 0 aliphatic heterocycles. The van der Waals surface area contributed by atoms with Gasteiger partial charge in [0.2, 0.25) is 0 Å². The number of thiophene rings is 1. The summed E-state index contributed by atoms with van der Waals surface area (Å²) in [5, 5.41) is 0. The molecule has 1 aromatic heterocycles. The lowest BCUT2D eigenvalue weighted by Crippen LogP contribution is -2.40. The van der Waals surface area contributed by atoms with E-state index in [1.54, 1.807) is 19.2 Å². The van der Waals surface area contributed by atoms with E-state index in [9.17, 15) is 4.79 Å². The highest BCUT2D eigenvalue weighted by Gasteiger charge is 2.19. The van der Waals surface area contributed by atoms with Crippen molar-refractivity contribution in [2.45, 2.75) is 32.7 Å². The van der Waals surface area contributed by atoms with Gasteiger partial charge in [-0.2, -0.15) is 0 Å². The second-order valence-corrected chi connectivity index (χ2v) is 6.18. The second kappa shape index (κ2) is 8.69. The Hall–Kier alpha value is -0.420. The molecule has 0 aliphatic rings. The first-order valence-corrected chi connectivity index (χ1v) is 7.83. The lowest BCUT2D eigenvalue weighted by atomic mass is 10.1. The number of halogens is 1. The molecule has 0 unspecified atom stereocenters. The van der Waals surface area contributed by atoms with Crippen LogP contribution in [-0.4, -0.2) is 43.5 Å². The molecule has 0 saturated heterocycles. The van der Waals surface area contributed by atoms with Gasteiger partial charge in [-0.3, -0.25) is 9.69 Å². The number of hydrogen-bond donors (Lipinski definition) is 0. The number of Topliss-reactive ketones (excluding diaryl/α,β-unsaturated/α-hetero) is 1. The first-order valence-electron chi connectivity index (χ1n) is 6.63. The summed E-state index contributed by atoms with van der Waals surface area (Å²) in [6.45, 7) is 6.18. The van der Waals surface area contributed by atoms with Crippen molar-refractivity contribution in [3.8, 4) is 0 Å². The van der Waals surface area contributed by atoms with E-state index in [1.807, 2.05) is 0 Å². The van der Waals surface area contributed by atoms with E-state index in [-0.39, 0.29) is 5.78 Å². The molecule has 5 heteroatoms. The monoisotopic (exact) mass is 303 g/mol. The van der Waals surface area contributed by atoms with Gasteiger partial charge >= 0.3 is 0 Å². The molecule has 0 N–H and O–H groups in total. The standard InChI is InChI=1S/C14H22ClNO2S/c1-4-11(5-2)16(8-9-18-3)10-12(17)13-6-7-14(15)19-13/h6-7,11H,4-5,8-10H2,1-3H3. The second-order valence-electron chi connectivity index (χ2n) is 4.46. The molecule has 1 aromatic rings. The van der Waals surface area contributed by atoms with Crippen molar-refractivity contribution in [3.05, 3.63) is 21.3 Å². The smallest absolute Gasteiger partial charge is 0.186 e. The molecular weight excluding hydrogens is 282 g/mol. The largest absolute Gasteiger partial charge is 0.383 e. The van der Waals surface area contributed by atoms with Crippen LogP contribution in [-0.2, 0) is 4.74 Å². The summed E-state index contributed by atoms with van der Waals surface area (Å²) in [5.41, 5.74) is 0. The Labute approximate surface area is 124 Å². The molecular formula is C14H22ClNO2S. The van der Waals surface area contributed by atoms with Gasteiger partial charge in [-0.25, -0.2) is 0 Å². The van der Waals surface area contributed by atoms with Crippen LogP contribution in [0, 0.1) is 0 Å². The molecule has 3 nitrogen and oxygen atoms in total. The molecule has 1 rings (SSSR count). The zero-order valence-corrected chi connectivity index (χ0v) is 13.4. The normalized spacial score (nSPS) is 11.5. The lowest BCUT2D eigenvalue weighted by Gasteiger charge is -2.29. The van der Waals surface area contributed by atoms with E-state index in [0.717, 1.165) is 24.3 Å². The fourth-order valence-corrected chi connectivity index (χ4v) is 3.10. The van der Waals surface area contributed by atoms with Crippen LogP contribution in [0.25, 0.3) is 0 Å². The number of ketones is 1. The number of rotatable bonds is 9. The molecule has 19 heavy (non-hydrogen) atoms. The van der Waals surface area contributed by atoms with Gasteiger partial charge in [0, 0.05) is 19.7 Å². The zero-order chi connectivity index (χ0) is 14.3. The minimum absolute atomic E-state index is 0.139. The Morgan fingerprint density at radius 2 is 2.11 bits per heavy atom. The highest BCUT2D eigenvalue weighted by molar-refractivity contribution is 7.18. The third kappa shape index (κ3) is 5.22. The number of carbonyl (C=O) groups is 1. The number of ether oxygens (including phenoxy) is 1. The highest BCUT2D eigenvalue weighted by atomic mass is 35.5. The first-order chi connectivity index (χ1) is 9.12. The van der Waals surface area contributed by atoms with Crippen molar-refractivity contribution in [1.82, 2.24) is 4.90 Å². The lowest BCUT2D eigenvalue weighted by molar-refractivity contribution is 0.0815. The maximum absolute atomic E-state index is 12.2. The number of carbonyl (C=O) groups excluding carboxylic acids is 1. The topological polar surface area (TPSA) is 29.5 Å². The molecule has 0 radical (unpaired) electrons. The minimum atomic E-state index is 0.139. The third-order valence-electron chi connectivity index (χ3n) is 3.24. The molecule has 0 aliphatic carbocycles. The van der Waals surface area contributed by atoms with Crippen LogP contribution in [0.5, 0.6) is 0 Å². The minimum Gasteiger partial charge on any atom is -0.383 e. The number of methoxy groups -OCH3 is 1. The Morgan fingerprint density at radius 1 is 1.42 bits per heavy atom. The summed E-state index contributed by atoms with van der Waals surface area (Å²) in [5.74, 6) is 0.139. The van der Waals surface area contributed by atoms with Gasteiger partial charge in [0.05, 0.1) is 22.4 Å². The van der Waals surface area contributed by atoms with Gasteiger partial charge in [-0.1, -0.05) is 25.4 Å². The van der Waals surface area contributed by atoms with Crippen LogP contribution in [0.1, 0.15) is 36.4 Å². The van der Waals surface area contributed by atoms with Crippen LogP contribution < -0.4 is 0 Å². The van der Waals surface area contributed by atoms with Gasteiger partial charge in [0.25, 0.3) is 0 Å². The highest BCUT2D eigenvalue weighted by Crippen LogP contribution is 2.22. The summed E-state index contributed by atoms with van der Waals surface area (Å²) >= 11 is 7.22. The zero-order valence-electron chi connectivity index (χ0n) is 11.8. The molecule has 0 atom stereocenters. The predicted octanol–water partition coefficient (Wildman–Crippen LogP) is 3.72. The summed E-state index contributed by atoms with van der Waals surface area (Å²) in [4.78, 5) is 15.2. The van der Waals surface area contributed by atoms with E-state index in [4.69, 9.17) is 16.3 Å². The molecule has 108 valence electrons. The van der Waals surface area contributed by atoms with E-state index in [0.29, 0.717) is 23.5 Å². The fraction of sp³-hybridized carbons (Fsp3) is 0.643. The average Bonchev–Trinajstić information content (AvgIpc) is 2.83. The average molecular weight is 304 g/mol. The van der Waals surface area contributed by atoms with Crippen LogP contribution in [0.15, 0.2) is 12.1 Å². The summed E-state index contributed by atoms with van der Waals surface area (Å²) in [7, 11) is 1.69. The molecule has 0 amide bonds. The fourth-order valence-electron chi connectivity index (χ4n) is 2.13. The van der Waals surface area contributed by atoms with Crippen LogP contribution in [0.3, 0.4) is 0 Å². The van der Waals surface area contributed by atoms with E-state index in [2.05, 4.69) is 18.7 Å². The predicted molar refractivity (Wildman–Crippen MR) is 81.5 cm³/mol. The van der Waals surface area contributed by atoms with Gasteiger partial charge in [-0.05, 0) is 25.0 Å². The maximum Gasteiger partial charge on any atom is 0.186 e. The first kappa shape index (κ1) is 16.6. The Morgan fingerprint density at radius 3 is 2.58 bits per heavy atom. The van der Waals surface area contributed by atoms with Crippen molar-refractivity contribution in [1.29, 1.82) is 0 Å². The van der Waals surface area contributed by atoms with Gasteiger partial charge in [0.15, 0.2) is 5.78 Å². The third-order valence-corrected chi connectivity index (χ3v) is 4.51. The number of hydrogen-bond acceptors (Lipinski definition) is 4.